The summed E-state index contributed by atoms with van der Waals surface area (Å²) in [6.45, 7) is 5.29. The third-order valence-corrected chi connectivity index (χ3v) is 4.07. The topological polar surface area (TPSA) is 71.5 Å². The fraction of sp³-hybridized carbons (Fsp3) is 0.615. The molecule has 0 saturated carbocycles. The van der Waals surface area contributed by atoms with Crippen molar-refractivity contribution in [2.75, 3.05) is 19.7 Å². The van der Waals surface area contributed by atoms with Gasteiger partial charge in [-0.25, -0.2) is 9.78 Å². The molecule has 1 fully saturated rings. The van der Waals surface area contributed by atoms with E-state index in [2.05, 4.69) is 10.3 Å². The van der Waals surface area contributed by atoms with Crippen molar-refractivity contribution >= 4 is 23.3 Å². The Hall–Kier alpha value is -1.63. The quantitative estimate of drug-likeness (QED) is 0.923. The molecule has 0 unspecified atom stereocenters. The van der Waals surface area contributed by atoms with Gasteiger partial charge in [0.05, 0.1) is 12.1 Å². The van der Waals surface area contributed by atoms with Gasteiger partial charge in [0.1, 0.15) is 5.69 Å². The van der Waals surface area contributed by atoms with Crippen molar-refractivity contribution < 1.29 is 14.3 Å². The molecule has 1 N–H and O–H groups in total. The molecule has 2 heterocycles. The number of nitrogens with one attached hydrogen (secondary N) is 1. The molecular weight excluding hydrogens is 278 g/mol. The second kappa shape index (κ2) is 6.69. The second-order valence-corrected chi connectivity index (χ2v) is 5.75. The third-order valence-electron chi connectivity index (χ3n) is 3.32. The largest absolute Gasteiger partial charge is 0.450 e. The van der Waals surface area contributed by atoms with E-state index in [1.807, 2.05) is 6.92 Å². The van der Waals surface area contributed by atoms with Crippen LogP contribution in [0.25, 0.3) is 0 Å². The van der Waals surface area contributed by atoms with E-state index in [9.17, 15) is 9.59 Å². The van der Waals surface area contributed by atoms with Gasteiger partial charge in [0.2, 0.25) is 0 Å². The first-order chi connectivity index (χ1) is 9.61. The number of ether oxygens (including phenoxy) is 1. The van der Waals surface area contributed by atoms with E-state index in [0.29, 0.717) is 25.4 Å². The number of rotatable bonds is 3. The van der Waals surface area contributed by atoms with Gasteiger partial charge in [0.25, 0.3) is 5.91 Å². The normalized spacial score (nSPS) is 16.0. The molecule has 0 radical (unpaired) electrons. The summed E-state index contributed by atoms with van der Waals surface area (Å²) in [5, 5.41) is 2.98. The number of carbonyl (C=O) groups is 2. The van der Waals surface area contributed by atoms with Crippen molar-refractivity contribution in [2.45, 2.75) is 32.7 Å². The molecule has 20 heavy (non-hydrogen) atoms. The SMILES string of the molecule is CCOC(=O)N1CCC(NC(=O)c2ncsc2C)CC1. The first-order valence-electron chi connectivity index (χ1n) is 6.74. The number of nitrogens with zero attached hydrogens (tertiary/aromatic N) is 2. The first kappa shape index (κ1) is 14.8. The number of amides is 2. The van der Waals surface area contributed by atoms with Crippen LogP contribution in [0.2, 0.25) is 0 Å². The Labute approximate surface area is 122 Å². The maximum atomic E-state index is 12.0. The smallest absolute Gasteiger partial charge is 0.409 e. The Morgan fingerprint density at radius 1 is 1.50 bits per heavy atom. The average Bonchev–Trinajstić information content (AvgIpc) is 2.86. The number of carbonyl (C=O) groups excluding carboxylic acids is 2. The first-order valence-corrected chi connectivity index (χ1v) is 7.62. The lowest BCUT2D eigenvalue weighted by atomic mass is 10.1. The van der Waals surface area contributed by atoms with Gasteiger partial charge in [-0.15, -0.1) is 11.3 Å². The fourth-order valence-corrected chi connectivity index (χ4v) is 2.77. The number of aryl methyl sites for hydroxylation is 1. The molecule has 1 aromatic heterocycles. The summed E-state index contributed by atoms with van der Waals surface area (Å²) in [6.07, 6.45) is 1.22. The number of piperidine rings is 1. The van der Waals surface area contributed by atoms with Gasteiger partial charge in [-0.05, 0) is 26.7 Å². The molecule has 1 aliphatic heterocycles. The molecule has 1 aliphatic rings. The van der Waals surface area contributed by atoms with E-state index in [1.165, 1.54) is 11.3 Å². The molecule has 7 heteroatoms. The molecule has 0 atom stereocenters. The third kappa shape index (κ3) is 3.47. The van der Waals surface area contributed by atoms with Gasteiger partial charge in [-0.1, -0.05) is 0 Å². The maximum Gasteiger partial charge on any atom is 0.409 e. The standard InChI is InChI=1S/C13H19N3O3S/c1-3-19-13(18)16-6-4-10(5-7-16)15-12(17)11-9(2)20-8-14-11/h8,10H,3-7H2,1-2H3,(H,15,17). The average molecular weight is 297 g/mol. The summed E-state index contributed by atoms with van der Waals surface area (Å²) in [5.74, 6) is -0.127. The zero-order valence-corrected chi connectivity index (χ0v) is 12.5. The summed E-state index contributed by atoms with van der Waals surface area (Å²) in [4.78, 5) is 30.3. The summed E-state index contributed by atoms with van der Waals surface area (Å²) in [7, 11) is 0. The van der Waals surface area contributed by atoms with Crippen LogP contribution in [0.15, 0.2) is 5.51 Å². The zero-order valence-electron chi connectivity index (χ0n) is 11.7. The molecule has 6 nitrogen and oxygen atoms in total. The highest BCUT2D eigenvalue weighted by atomic mass is 32.1. The van der Waals surface area contributed by atoms with Gasteiger partial charge in [-0.3, -0.25) is 4.79 Å². The molecule has 2 rings (SSSR count). The lowest BCUT2D eigenvalue weighted by Gasteiger charge is -2.31. The van der Waals surface area contributed by atoms with Crippen LogP contribution >= 0.6 is 11.3 Å². The minimum absolute atomic E-state index is 0.0919. The van der Waals surface area contributed by atoms with Crippen LogP contribution in [0.1, 0.15) is 35.1 Å². The number of hydrogen-bond donors (Lipinski definition) is 1. The Morgan fingerprint density at radius 2 is 2.20 bits per heavy atom. The molecular formula is C13H19N3O3S. The summed E-state index contributed by atoms with van der Waals surface area (Å²) in [6, 6.07) is 0.0919. The van der Waals surface area contributed by atoms with E-state index < -0.39 is 0 Å². The molecule has 0 bridgehead atoms. The van der Waals surface area contributed by atoms with Crippen molar-refractivity contribution in [1.82, 2.24) is 15.2 Å². The minimum atomic E-state index is -0.271. The highest BCUT2D eigenvalue weighted by Gasteiger charge is 2.25. The Bertz CT molecular complexity index is 481. The second-order valence-electron chi connectivity index (χ2n) is 4.69. The summed E-state index contributed by atoms with van der Waals surface area (Å²) in [5.41, 5.74) is 2.18. The zero-order chi connectivity index (χ0) is 14.5. The number of aromatic nitrogens is 1. The van der Waals surface area contributed by atoms with Crippen molar-refractivity contribution in [1.29, 1.82) is 0 Å². The highest BCUT2D eigenvalue weighted by molar-refractivity contribution is 7.09. The molecule has 1 saturated heterocycles. The Balaban J connectivity index is 1.81. The molecule has 0 spiro atoms. The van der Waals surface area contributed by atoms with Gasteiger partial charge in [0, 0.05) is 24.0 Å². The van der Waals surface area contributed by atoms with Crippen molar-refractivity contribution in [3.63, 3.8) is 0 Å². The fourth-order valence-electron chi connectivity index (χ4n) is 2.20. The van der Waals surface area contributed by atoms with Crippen LogP contribution in [0.5, 0.6) is 0 Å². The lowest BCUT2D eigenvalue weighted by Crippen LogP contribution is -2.46. The van der Waals surface area contributed by atoms with E-state index in [1.54, 1.807) is 17.3 Å². The highest BCUT2D eigenvalue weighted by Crippen LogP contribution is 2.14. The molecule has 110 valence electrons. The van der Waals surface area contributed by atoms with Crippen molar-refractivity contribution in [2.24, 2.45) is 0 Å². The van der Waals surface area contributed by atoms with Crippen LogP contribution in [-0.2, 0) is 4.74 Å². The number of thiazole rings is 1. The van der Waals surface area contributed by atoms with Crippen molar-refractivity contribution in [3.8, 4) is 0 Å². The van der Waals surface area contributed by atoms with Crippen LogP contribution < -0.4 is 5.32 Å². The van der Waals surface area contributed by atoms with Crippen LogP contribution in [-0.4, -0.2) is 47.6 Å². The minimum Gasteiger partial charge on any atom is -0.450 e. The summed E-state index contributed by atoms with van der Waals surface area (Å²) >= 11 is 1.46. The van der Waals surface area contributed by atoms with Crippen LogP contribution in [0.3, 0.4) is 0 Å². The Kier molecular flexibility index (Phi) is 4.94. The van der Waals surface area contributed by atoms with E-state index in [0.717, 1.165) is 17.7 Å². The van der Waals surface area contributed by atoms with E-state index in [-0.39, 0.29) is 18.0 Å². The van der Waals surface area contributed by atoms with E-state index in [4.69, 9.17) is 4.74 Å². The molecule has 0 aromatic carbocycles. The van der Waals surface area contributed by atoms with Crippen LogP contribution in [0.4, 0.5) is 4.79 Å². The monoisotopic (exact) mass is 297 g/mol. The summed E-state index contributed by atoms with van der Waals surface area (Å²) < 4.78 is 4.96. The molecule has 0 aliphatic carbocycles. The van der Waals surface area contributed by atoms with Gasteiger partial charge in [-0.2, -0.15) is 0 Å². The number of likely N-dealkylation sites (tertiary alicyclic amines) is 1. The molecule has 1 aromatic rings. The van der Waals surface area contributed by atoms with Crippen molar-refractivity contribution in [3.05, 3.63) is 16.1 Å². The molecule has 2 amide bonds. The maximum absolute atomic E-state index is 12.0. The predicted molar refractivity (Wildman–Crippen MR) is 75.9 cm³/mol. The van der Waals surface area contributed by atoms with Gasteiger partial charge in [0.15, 0.2) is 0 Å². The lowest BCUT2D eigenvalue weighted by molar-refractivity contribution is 0.0857. The Morgan fingerprint density at radius 3 is 2.75 bits per heavy atom. The number of hydrogen-bond acceptors (Lipinski definition) is 5. The van der Waals surface area contributed by atoms with Crippen LogP contribution in [0, 0.1) is 6.92 Å². The van der Waals surface area contributed by atoms with Gasteiger partial charge >= 0.3 is 6.09 Å². The van der Waals surface area contributed by atoms with E-state index >= 15 is 0 Å². The predicted octanol–water partition coefficient (Wildman–Crippen LogP) is 1.80. The van der Waals surface area contributed by atoms with Gasteiger partial charge < -0.3 is 15.0 Å².